The predicted octanol–water partition coefficient (Wildman–Crippen LogP) is 5.57. The van der Waals surface area contributed by atoms with Crippen molar-refractivity contribution in [3.63, 3.8) is 0 Å². The second-order valence-electron chi connectivity index (χ2n) is 8.39. The van der Waals surface area contributed by atoms with E-state index in [2.05, 4.69) is 83.6 Å². The molecule has 2 heteroatoms. The lowest BCUT2D eigenvalue weighted by Crippen LogP contribution is -2.45. The average Bonchev–Trinajstić information content (AvgIpc) is 3.00. The third kappa shape index (κ3) is 3.69. The van der Waals surface area contributed by atoms with Crippen molar-refractivity contribution in [1.29, 1.82) is 0 Å². The van der Waals surface area contributed by atoms with E-state index in [-0.39, 0.29) is 12.2 Å². The van der Waals surface area contributed by atoms with Gasteiger partial charge in [-0.15, -0.1) is 6.42 Å². The number of hydrogen-bond acceptors (Lipinski definition) is 2. The van der Waals surface area contributed by atoms with Crippen LogP contribution in [0.25, 0.3) is 10.8 Å². The van der Waals surface area contributed by atoms with Crippen molar-refractivity contribution in [2.75, 3.05) is 6.54 Å². The van der Waals surface area contributed by atoms with Crippen molar-refractivity contribution >= 4 is 10.8 Å². The van der Waals surface area contributed by atoms with E-state index in [4.69, 9.17) is 11.2 Å². The summed E-state index contributed by atoms with van der Waals surface area (Å²) in [6.07, 6.45) is 10.5. The normalized spacial score (nSPS) is 25.0. The van der Waals surface area contributed by atoms with Gasteiger partial charge in [0.05, 0.1) is 12.6 Å². The van der Waals surface area contributed by atoms with E-state index in [1.165, 1.54) is 34.7 Å². The molecular weight excluding hydrogens is 354 g/mol. The minimum Gasteiger partial charge on any atom is -0.365 e. The van der Waals surface area contributed by atoms with Crippen LogP contribution < -0.4 is 0 Å². The zero-order valence-corrected chi connectivity index (χ0v) is 16.7. The van der Waals surface area contributed by atoms with Gasteiger partial charge in [-0.25, -0.2) is 0 Å². The standard InChI is InChI=1S/C27H27NO/c1-2-16-28-24-14-15-25(28)19-26(18-24)29-27(21-9-4-3-5-10-21)23-13-12-20-8-6-7-11-22(20)17-23/h1,3-13,17,24-27H,14-16,18-19H2/t24-,25+,26?,27?. The molecule has 2 nitrogen and oxygen atoms in total. The molecule has 0 aromatic heterocycles. The van der Waals surface area contributed by atoms with Crippen LogP contribution >= 0.6 is 0 Å². The molecule has 2 bridgehead atoms. The van der Waals surface area contributed by atoms with Gasteiger partial charge in [0, 0.05) is 12.1 Å². The molecule has 2 aliphatic heterocycles. The molecule has 3 aromatic rings. The van der Waals surface area contributed by atoms with Crippen molar-refractivity contribution in [2.45, 2.75) is 50.0 Å². The number of hydrogen-bond donors (Lipinski definition) is 0. The van der Waals surface area contributed by atoms with Gasteiger partial charge in [-0.2, -0.15) is 0 Å². The van der Waals surface area contributed by atoms with Crippen LogP contribution in [0.2, 0.25) is 0 Å². The van der Waals surface area contributed by atoms with Crippen molar-refractivity contribution in [2.24, 2.45) is 0 Å². The van der Waals surface area contributed by atoms with Gasteiger partial charge in [0.15, 0.2) is 0 Å². The van der Waals surface area contributed by atoms with Crippen molar-refractivity contribution in [3.05, 3.63) is 83.9 Å². The third-order valence-electron chi connectivity index (χ3n) is 6.62. The highest BCUT2D eigenvalue weighted by Gasteiger charge is 2.41. The molecule has 0 radical (unpaired) electrons. The first-order valence-corrected chi connectivity index (χ1v) is 10.7. The lowest BCUT2D eigenvalue weighted by molar-refractivity contribution is -0.0452. The van der Waals surface area contributed by atoms with Gasteiger partial charge in [0.2, 0.25) is 0 Å². The van der Waals surface area contributed by atoms with Crippen LogP contribution in [0.4, 0.5) is 0 Å². The van der Waals surface area contributed by atoms with E-state index in [0.29, 0.717) is 12.1 Å². The summed E-state index contributed by atoms with van der Waals surface area (Å²) in [4.78, 5) is 2.52. The Morgan fingerprint density at radius 3 is 2.28 bits per heavy atom. The van der Waals surface area contributed by atoms with Gasteiger partial charge < -0.3 is 4.74 Å². The van der Waals surface area contributed by atoms with E-state index in [0.717, 1.165) is 19.4 Å². The molecule has 29 heavy (non-hydrogen) atoms. The Kier molecular flexibility index (Phi) is 5.10. The smallest absolute Gasteiger partial charge is 0.108 e. The zero-order valence-electron chi connectivity index (χ0n) is 16.7. The Bertz CT molecular complexity index is 1010. The monoisotopic (exact) mass is 381 g/mol. The molecule has 146 valence electrons. The second-order valence-corrected chi connectivity index (χ2v) is 8.39. The van der Waals surface area contributed by atoms with Crippen molar-refractivity contribution in [3.8, 4) is 12.3 Å². The molecule has 3 aromatic carbocycles. The molecule has 0 N–H and O–H groups in total. The van der Waals surface area contributed by atoms with Gasteiger partial charge in [-0.05, 0) is 53.6 Å². The minimum atomic E-state index is -0.0376. The lowest BCUT2D eigenvalue weighted by Gasteiger charge is -2.39. The number of benzene rings is 3. The summed E-state index contributed by atoms with van der Waals surface area (Å²) in [6, 6.07) is 27.0. The van der Waals surface area contributed by atoms with E-state index in [1.807, 2.05) is 0 Å². The van der Waals surface area contributed by atoms with Gasteiger partial charge in [0.25, 0.3) is 0 Å². The number of ether oxygens (including phenoxy) is 1. The minimum absolute atomic E-state index is 0.0376. The SMILES string of the molecule is C#CCN1[C@@H]2CC[C@H]1CC(OC(c1ccccc1)c1ccc3ccccc3c1)C2. The summed E-state index contributed by atoms with van der Waals surface area (Å²) in [6.45, 7) is 0.773. The molecule has 2 fully saturated rings. The number of piperidine rings is 1. The van der Waals surface area contributed by atoms with Gasteiger partial charge >= 0.3 is 0 Å². The van der Waals surface area contributed by atoms with Gasteiger partial charge in [-0.3, -0.25) is 4.90 Å². The van der Waals surface area contributed by atoms with Crippen LogP contribution in [0, 0.1) is 12.3 Å². The number of rotatable bonds is 5. The summed E-state index contributed by atoms with van der Waals surface area (Å²) in [5.41, 5.74) is 2.45. The highest BCUT2D eigenvalue weighted by Crippen LogP contribution is 2.39. The van der Waals surface area contributed by atoms with Crippen LogP contribution in [-0.4, -0.2) is 29.6 Å². The molecule has 0 aliphatic carbocycles. The molecule has 2 unspecified atom stereocenters. The Labute approximate surface area is 173 Å². The lowest BCUT2D eigenvalue weighted by atomic mass is 9.96. The quantitative estimate of drug-likeness (QED) is 0.535. The fourth-order valence-corrected chi connectivity index (χ4v) is 5.24. The molecule has 0 saturated carbocycles. The molecule has 2 saturated heterocycles. The molecule has 0 spiro atoms. The maximum Gasteiger partial charge on any atom is 0.108 e. The Hall–Kier alpha value is -2.60. The summed E-state index contributed by atoms with van der Waals surface area (Å²) in [5.74, 6) is 2.85. The molecule has 4 atom stereocenters. The first-order valence-electron chi connectivity index (χ1n) is 10.7. The van der Waals surface area contributed by atoms with Crippen LogP contribution in [0.15, 0.2) is 72.8 Å². The van der Waals surface area contributed by atoms with Gasteiger partial charge in [0.1, 0.15) is 6.10 Å². The second kappa shape index (κ2) is 8.03. The highest BCUT2D eigenvalue weighted by atomic mass is 16.5. The summed E-state index contributed by atoms with van der Waals surface area (Å²) >= 11 is 0. The van der Waals surface area contributed by atoms with E-state index < -0.39 is 0 Å². The molecule has 5 rings (SSSR count). The van der Waals surface area contributed by atoms with Crippen LogP contribution in [-0.2, 0) is 4.74 Å². The third-order valence-corrected chi connectivity index (χ3v) is 6.62. The first-order chi connectivity index (χ1) is 14.3. The zero-order chi connectivity index (χ0) is 19.6. The molecule has 2 aliphatic rings. The van der Waals surface area contributed by atoms with E-state index >= 15 is 0 Å². The number of nitrogens with zero attached hydrogens (tertiary/aromatic N) is 1. The van der Waals surface area contributed by atoms with Crippen LogP contribution in [0.1, 0.15) is 42.9 Å². The molecule has 0 amide bonds. The fraction of sp³-hybridized carbons (Fsp3) is 0.333. The Balaban J connectivity index is 1.44. The number of terminal acetylenes is 1. The Morgan fingerprint density at radius 1 is 0.862 bits per heavy atom. The van der Waals surface area contributed by atoms with Crippen molar-refractivity contribution in [1.82, 2.24) is 4.90 Å². The largest absolute Gasteiger partial charge is 0.365 e. The highest BCUT2D eigenvalue weighted by molar-refractivity contribution is 5.83. The van der Waals surface area contributed by atoms with Crippen LogP contribution in [0.5, 0.6) is 0 Å². The maximum absolute atomic E-state index is 6.84. The first kappa shape index (κ1) is 18.4. The topological polar surface area (TPSA) is 12.5 Å². The summed E-state index contributed by atoms with van der Waals surface area (Å²) in [5, 5.41) is 2.53. The molecular formula is C27H27NO. The van der Waals surface area contributed by atoms with E-state index in [1.54, 1.807) is 0 Å². The average molecular weight is 382 g/mol. The fourth-order valence-electron chi connectivity index (χ4n) is 5.24. The van der Waals surface area contributed by atoms with Gasteiger partial charge in [-0.1, -0.05) is 72.7 Å². The summed E-state index contributed by atoms with van der Waals surface area (Å²) in [7, 11) is 0. The van der Waals surface area contributed by atoms with Crippen LogP contribution in [0.3, 0.4) is 0 Å². The Morgan fingerprint density at radius 2 is 1.55 bits per heavy atom. The maximum atomic E-state index is 6.84. The number of fused-ring (bicyclic) bond motifs is 3. The van der Waals surface area contributed by atoms with Crippen molar-refractivity contribution < 1.29 is 4.74 Å². The van der Waals surface area contributed by atoms with E-state index in [9.17, 15) is 0 Å². The predicted molar refractivity (Wildman–Crippen MR) is 119 cm³/mol. The molecule has 2 heterocycles. The summed E-state index contributed by atoms with van der Waals surface area (Å²) < 4.78 is 6.84.